The Hall–Kier alpha value is -0.990. The lowest BCUT2D eigenvalue weighted by molar-refractivity contribution is 0.317. The smallest absolute Gasteiger partial charge is 0.170 e. The van der Waals surface area contributed by atoms with Gasteiger partial charge in [0.15, 0.2) is 5.82 Å². The van der Waals surface area contributed by atoms with Crippen LogP contribution < -0.4 is 5.73 Å². The summed E-state index contributed by atoms with van der Waals surface area (Å²) >= 11 is 0. The van der Waals surface area contributed by atoms with Gasteiger partial charge in [0.25, 0.3) is 0 Å². The number of nitrogens with zero attached hydrogens (tertiary/aromatic N) is 1. The molecule has 1 aliphatic rings. The minimum absolute atomic E-state index is 0.405. The normalized spacial score (nSPS) is 17.8. The van der Waals surface area contributed by atoms with Crippen LogP contribution in [0.1, 0.15) is 69.6 Å². The van der Waals surface area contributed by atoms with E-state index in [1.54, 1.807) is 0 Å². The summed E-state index contributed by atoms with van der Waals surface area (Å²) in [6, 6.07) is 0. The fourth-order valence-corrected chi connectivity index (χ4v) is 2.95. The zero-order chi connectivity index (χ0) is 12.3. The van der Waals surface area contributed by atoms with Gasteiger partial charge in [-0.2, -0.15) is 0 Å². The molecule has 1 fully saturated rings. The first-order chi connectivity index (χ1) is 8.18. The molecule has 0 aromatic carbocycles. The van der Waals surface area contributed by atoms with E-state index in [1.807, 2.05) is 0 Å². The molecule has 0 bridgehead atoms. The zero-order valence-corrected chi connectivity index (χ0v) is 11.0. The van der Waals surface area contributed by atoms with E-state index in [9.17, 15) is 0 Å². The van der Waals surface area contributed by atoms with Crippen molar-refractivity contribution in [1.29, 1.82) is 0 Å². The average molecular weight is 236 g/mol. The highest BCUT2D eigenvalue weighted by Gasteiger charge is 2.19. The highest BCUT2D eigenvalue weighted by atomic mass is 16.5. The van der Waals surface area contributed by atoms with E-state index < -0.39 is 0 Å². The second kappa shape index (κ2) is 5.56. The van der Waals surface area contributed by atoms with Crippen molar-refractivity contribution in [3.63, 3.8) is 0 Å². The molecule has 0 aliphatic heterocycles. The monoisotopic (exact) mass is 236 g/mol. The van der Waals surface area contributed by atoms with E-state index in [0.29, 0.717) is 11.7 Å². The lowest BCUT2D eigenvalue weighted by atomic mass is 9.85. The first-order valence-corrected chi connectivity index (χ1v) is 6.92. The summed E-state index contributed by atoms with van der Waals surface area (Å²) < 4.78 is 5.37. The van der Waals surface area contributed by atoms with Gasteiger partial charge in [-0.3, -0.25) is 0 Å². The summed E-state index contributed by atoms with van der Waals surface area (Å²) in [5.74, 6) is 2.89. The van der Waals surface area contributed by atoms with Crippen molar-refractivity contribution in [2.75, 3.05) is 5.73 Å². The van der Waals surface area contributed by atoms with Crippen molar-refractivity contribution < 1.29 is 4.52 Å². The molecule has 1 aliphatic carbocycles. The lowest BCUT2D eigenvalue weighted by Gasteiger charge is -2.20. The average Bonchev–Trinajstić information content (AvgIpc) is 2.69. The molecule has 1 aromatic heterocycles. The second-order valence-corrected chi connectivity index (χ2v) is 5.60. The number of anilines is 1. The van der Waals surface area contributed by atoms with E-state index in [1.165, 1.54) is 38.5 Å². The summed E-state index contributed by atoms with van der Waals surface area (Å²) in [6.45, 7) is 4.29. The molecule has 0 amide bonds. The van der Waals surface area contributed by atoms with Crippen molar-refractivity contribution in [2.45, 2.75) is 64.7 Å². The van der Waals surface area contributed by atoms with Gasteiger partial charge in [-0.15, -0.1) is 0 Å². The molecule has 1 heterocycles. The summed E-state index contributed by atoms with van der Waals surface area (Å²) in [6.07, 6.45) is 9.24. The molecule has 2 N–H and O–H groups in total. The van der Waals surface area contributed by atoms with Gasteiger partial charge >= 0.3 is 0 Å². The Morgan fingerprint density at radius 1 is 1.29 bits per heavy atom. The van der Waals surface area contributed by atoms with Gasteiger partial charge in [0, 0.05) is 12.0 Å². The number of hydrogen-bond acceptors (Lipinski definition) is 3. The number of rotatable bonds is 4. The van der Waals surface area contributed by atoms with Crippen LogP contribution in [-0.4, -0.2) is 5.16 Å². The minimum atomic E-state index is 0.405. The van der Waals surface area contributed by atoms with E-state index >= 15 is 0 Å². The van der Waals surface area contributed by atoms with Crippen molar-refractivity contribution in [1.82, 2.24) is 5.16 Å². The van der Waals surface area contributed by atoms with Crippen LogP contribution in [0.25, 0.3) is 0 Å². The molecule has 2 rings (SSSR count). The van der Waals surface area contributed by atoms with Crippen molar-refractivity contribution in [2.24, 2.45) is 5.92 Å². The first-order valence-electron chi connectivity index (χ1n) is 6.92. The Morgan fingerprint density at radius 2 is 2.00 bits per heavy atom. The molecule has 17 heavy (non-hydrogen) atoms. The van der Waals surface area contributed by atoms with Gasteiger partial charge < -0.3 is 10.3 Å². The van der Waals surface area contributed by atoms with Crippen LogP contribution in [0.4, 0.5) is 5.82 Å². The summed E-state index contributed by atoms with van der Waals surface area (Å²) in [5.41, 5.74) is 6.97. The quantitative estimate of drug-likeness (QED) is 0.862. The van der Waals surface area contributed by atoms with Crippen molar-refractivity contribution >= 4 is 5.82 Å². The largest absolute Gasteiger partial charge is 0.381 e. The van der Waals surface area contributed by atoms with E-state index in [-0.39, 0.29) is 0 Å². The maximum Gasteiger partial charge on any atom is 0.170 e. The zero-order valence-electron chi connectivity index (χ0n) is 11.0. The summed E-state index contributed by atoms with van der Waals surface area (Å²) in [5, 5.41) is 3.90. The highest BCUT2D eigenvalue weighted by Crippen LogP contribution is 2.31. The maximum atomic E-state index is 5.85. The van der Waals surface area contributed by atoms with E-state index in [2.05, 4.69) is 19.0 Å². The van der Waals surface area contributed by atoms with Crippen LogP contribution in [0.15, 0.2) is 4.52 Å². The molecule has 96 valence electrons. The van der Waals surface area contributed by atoms with Crippen LogP contribution in [0, 0.1) is 5.92 Å². The SMILES string of the molecule is CC(C)c1c(N)noc1CCC1CCCCC1. The van der Waals surface area contributed by atoms with E-state index in [0.717, 1.165) is 23.7 Å². The molecular formula is C14H24N2O. The molecule has 1 saturated carbocycles. The molecule has 0 spiro atoms. The molecule has 1 aromatic rings. The number of nitrogen functional groups attached to an aromatic ring is 1. The molecule has 0 atom stereocenters. The van der Waals surface area contributed by atoms with E-state index in [4.69, 9.17) is 10.3 Å². The second-order valence-electron chi connectivity index (χ2n) is 5.60. The Labute approximate surface area is 104 Å². The van der Waals surface area contributed by atoms with Gasteiger partial charge in [-0.25, -0.2) is 0 Å². The predicted octanol–water partition coefficient (Wildman–Crippen LogP) is 3.89. The number of aryl methyl sites for hydroxylation is 1. The van der Waals surface area contributed by atoms with Crippen LogP contribution >= 0.6 is 0 Å². The third kappa shape index (κ3) is 3.02. The molecule has 3 nitrogen and oxygen atoms in total. The van der Waals surface area contributed by atoms with Crippen LogP contribution in [0.3, 0.4) is 0 Å². The number of nitrogens with two attached hydrogens (primary N) is 1. The van der Waals surface area contributed by atoms with Crippen molar-refractivity contribution in [3.05, 3.63) is 11.3 Å². The lowest BCUT2D eigenvalue weighted by Crippen LogP contribution is -2.08. The fraction of sp³-hybridized carbons (Fsp3) is 0.786. The molecule has 0 saturated heterocycles. The van der Waals surface area contributed by atoms with Gasteiger partial charge in [0.1, 0.15) is 5.76 Å². The predicted molar refractivity (Wildman–Crippen MR) is 69.9 cm³/mol. The summed E-state index contributed by atoms with van der Waals surface area (Å²) in [7, 11) is 0. The van der Waals surface area contributed by atoms with Crippen LogP contribution in [0.2, 0.25) is 0 Å². The maximum absolute atomic E-state index is 5.85. The minimum Gasteiger partial charge on any atom is -0.381 e. The standard InChI is InChI=1S/C14H24N2O/c1-10(2)13-12(17-16-14(13)15)9-8-11-6-4-3-5-7-11/h10-11H,3-9H2,1-2H3,(H2,15,16). The highest BCUT2D eigenvalue weighted by molar-refractivity contribution is 5.42. The molecule has 3 heteroatoms. The van der Waals surface area contributed by atoms with Crippen molar-refractivity contribution in [3.8, 4) is 0 Å². The Morgan fingerprint density at radius 3 is 2.65 bits per heavy atom. The third-order valence-corrected chi connectivity index (χ3v) is 3.91. The van der Waals surface area contributed by atoms with Crippen LogP contribution in [0.5, 0.6) is 0 Å². The third-order valence-electron chi connectivity index (χ3n) is 3.91. The molecular weight excluding hydrogens is 212 g/mol. The fourth-order valence-electron chi connectivity index (χ4n) is 2.95. The Kier molecular flexibility index (Phi) is 4.08. The van der Waals surface area contributed by atoms with Gasteiger partial charge in [-0.05, 0) is 18.3 Å². The first kappa shape index (κ1) is 12.5. The molecule has 0 unspecified atom stereocenters. The van der Waals surface area contributed by atoms with Gasteiger partial charge in [0.2, 0.25) is 0 Å². The van der Waals surface area contributed by atoms with Crippen LogP contribution in [-0.2, 0) is 6.42 Å². The Balaban J connectivity index is 1.94. The van der Waals surface area contributed by atoms with Gasteiger partial charge in [-0.1, -0.05) is 51.1 Å². The number of aromatic nitrogens is 1. The summed E-state index contributed by atoms with van der Waals surface area (Å²) in [4.78, 5) is 0. The topological polar surface area (TPSA) is 52.0 Å². The molecule has 0 radical (unpaired) electrons. The Bertz CT molecular complexity index is 351. The number of hydrogen-bond donors (Lipinski definition) is 1. The van der Waals surface area contributed by atoms with Gasteiger partial charge in [0.05, 0.1) is 0 Å².